The SMILES string of the molecule is Nc1nc2oc3ccc(C4=CCC(F)(F)CC4)cc3c(=O)c2cc1C(=O)O. The van der Waals surface area contributed by atoms with E-state index < -0.39 is 17.3 Å². The number of hydrogen-bond acceptors (Lipinski definition) is 5. The number of allylic oxidation sites excluding steroid dienone is 2. The van der Waals surface area contributed by atoms with Gasteiger partial charge in [-0.3, -0.25) is 4.79 Å². The number of benzene rings is 1. The van der Waals surface area contributed by atoms with E-state index in [0.29, 0.717) is 5.56 Å². The molecular weight excluding hydrogens is 358 g/mol. The van der Waals surface area contributed by atoms with E-state index >= 15 is 0 Å². The van der Waals surface area contributed by atoms with Crippen LogP contribution in [0.4, 0.5) is 14.6 Å². The van der Waals surface area contributed by atoms with Gasteiger partial charge in [0.1, 0.15) is 17.0 Å². The lowest BCUT2D eigenvalue weighted by Gasteiger charge is -2.21. The van der Waals surface area contributed by atoms with Gasteiger partial charge in [0, 0.05) is 12.8 Å². The summed E-state index contributed by atoms with van der Waals surface area (Å²) in [4.78, 5) is 27.9. The van der Waals surface area contributed by atoms with Crippen molar-refractivity contribution >= 4 is 39.4 Å². The van der Waals surface area contributed by atoms with E-state index in [1.54, 1.807) is 18.2 Å². The molecule has 1 aromatic carbocycles. The summed E-state index contributed by atoms with van der Waals surface area (Å²) >= 11 is 0. The summed E-state index contributed by atoms with van der Waals surface area (Å²) in [7, 11) is 0. The van der Waals surface area contributed by atoms with Gasteiger partial charge in [-0.25, -0.2) is 13.6 Å². The largest absolute Gasteiger partial charge is 0.478 e. The number of anilines is 1. The van der Waals surface area contributed by atoms with E-state index in [9.17, 15) is 18.4 Å². The summed E-state index contributed by atoms with van der Waals surface area (Å²) in [5.41, 5.74) is 6.46. The Hall–Kier alpha value is -3.29. The number of rotatable bonds is 2. The molecule has 0 radical (unpaired) electrons. The van der Waals surface area contributed by atoms with Crippen molar-refractivity contribution in [2.24, 2.45) is 0 Å². The number of aromatic nitrogens is 1. The molecule has 1 aliphatic rings. The second kappa shape index (κ2) is 5.87. The average molecular weight is 372 g/mol. The first-order chi connectivity index (χ1) is 12.7. The molecule has 0 aliphatic heterocycles. The molecule has 1 aliphatic carbocycles. The first-order valence-electron chi connectivity index (χ1n) is 8.23. The molecule has 3 N–H and O–H groups in total. The van der Waals surface area contributed by atoms with E-state index in [-0.39, 0.29) is 52.7 Å². The highest BCUT2D eigenvalue weighted by molar-refractivity contribution is 5.98. The topological polar surface area (TPSA) is 106 Å². The van der Waals surface area contributed by atoms with Crippen molar-refractivity contribution in [3.05, 3.63) is 51.7 Å². The van der Waals surface area contributed by atoms with E-state index in [1.165, 1.54) is 6.08 Å². The normalized spacial score (nSPS) is 16.4. The molecule has 0 atom stereocenters. The molecule has 0 saturated heterocycles. The summed E-state index contributed by atoms with van der Waals surface area (Å²) < 4.78 is 32.3. The lowest BCUT2D eigenvalue weighted by atomic mass is 9.91. The van der Waals surface area contributed by atoms with Gasteiger partial charge >= 0.3 is 5.97 Å². The van der Waals surface area contributed by atoms with Crippen LogP contribution < -0.4 is 11.2 Å². The zero-order chi connectivity index (χ0) is 19.3. The van der Waals surface area contributed by atoms with Crippen LogP contribution in [-0.2, 0) is 0 Å². The number of nitrogens with two attached hydrogens (primary N) is 1. The first kappa shape index (κ1) is 17.1. The van der Waals surface area contributed by atoms with E-state index in [0.717, 1.165) is 11.6 Å². The molecule has 0 fully saturated rings. The van der Waals surface area contributed by atoms with Gasteiger partial charge in [-0.1, -0.05) is 12.1 Å². The molecule has 27 heavy (non-hydrogen) atoms. The van der Waals surface area contributed by atoms with Gasteiger partial charge in [-0.05, 0) is 35.8 Å². The van der Waals surface area contributed by atoms with Gasteiger partial charge in [-0.2, -0.15) is 4.98 Å². The number of carboxylic acids is 1. The first-order valence-corrected chi connectivity index (χ1v) is 8.23. The van der Waals surface area contributed by atoms with Crippen molar-refractivity contribution < 1.29 is 23.1 Å². The van der Waals surface area contributed by atoms with Gasteiger partial charge in [0.25, 0.3) is 5.92 Å². The standard InChI is InChI=1S/C19H14F2N2O4/c20-19(21)5-3-9(4-6-19)10-1-2-14-11(7-10)15(24)12-8-13(18(25)26)16(22)23-17(12)27-14/h1-3,7-8H,4-6H2,(H2,22,23)(H,25,26). The van der Waals surface area contributed by atoms with Crippen LogP contribution in [0.15, 0.2) is 39.6 Å². The Balaban J connectivity index is 1.91. The quantitative estimate of drug-likeness (QED) is 0.662. The number of alkyl halides is 2. The van der Waals surface area contributed by atoms with Crippen LogP contribution in [0, 0.1) is 0 Å². The molecule has 4 rings (SSSR count). The number of pyridine rings is 1. The van der Waals surface area contributed by atoms with Crippen LogP contribution >= 0.6 is 0 Å². The number of halogens is 2. The maximum Gasteiger partial charge on any atom is 0.339 e. The molecule has 0 unspecified atom stereocenters. The second-order valence-corrected chi connectivity index (χ2v) is 6.51. The Morgan fingerprint density at radius 3 is 2.70 bits per heavy atom. The van der Waals surface area contributed by atoms with Gasteiger partial charge in [0.2, 0.25) is 11.1 Å². The summed E-state index contributed by atoms with van der Waals surface area (Å²) in [6.07, 6.45) is 1.11. The number of carbonyl (C=O) groups is 1. The van der Waals surface area contributed by atoms with Crippen molar-refractivity contribution in [1.82, 2.24) is 4.98 Å². The summed E-state index contributed by atoms with van der Waals surface area (Å²) in [5.74, 6) is -4.25. The Bertz CT molecular complexity index is 1200. The van der Waals surface area contributed by atoms with E-state index in [1.807, 2.05) is 0 Å². The molecule has 0 spiro atoms. The van der Waals surface area contributed by atoms with E-state index in [4.69, 9.17) is 15.3 Å². The Kier molecular flexibility index (Phi) is 3.73. The third kappa shape index (κ3) is 2.92. The summed E-state index contributed by atoms with van der Waals surface area (Å²) in [5, 5.41) is 9.38. The molecular formula is C19H14F2N2O4. The van der Waals surface area contributed by atoms with Gasteiger partial charge < -0.3 is 15.3 Å². The highest BCUT2D eigenvalue weighted by atomic mass is 19.3. The fourth-order valence-electron chi connectivity index (χ4n) is 3.22. The van der Waals surface area contributed by atoms with Crippen LogP contribution in [0.3, 0.4) is 0 Å². The van der Waals surface area contributed by atoms with Crippen LogP contribution in [0.2, 0.25) is 0 Å². The molecule has 0 amide bonds. The van der Waals surface area contributed by atoms with Crippen molar-refractivity contribution in [1.29, 1.82) is 0 Å². The molecule has 3 aromatic rings. The van der Waals surface area contributed by atoms with Crippen LogP contribution in [0.25, 0.3) is 27.6 Å². The molecule has 2 aromatic heterocycles. The monoisotopic (exact) mass is 372 g/mol. The zero-order valence-corrected chi connectivity index (χ0v) is 14.0. The number of aromatic carboxylic acids is 1. The fourth-order valence-corrected chi connectivity index (χ4v) is 3.22. The third-order valence-corrected chi connectivity index (χ3v) is 4.70. The van der Waals surface area contributed by atoms with Crippen molar-refractivity contribution in [2.75, 3.05) is 5.73 Å². The van der Waals surface area contributed by atoms with Crippen molar-refractivity contribution in [2.45, 2.75) is 25.2 Å². The lowest BCUT2D eigenvalue weighted by molar-refractivity contribution is -0.00603. The zero-order valence-electron chi connectivity index (χ0n) is 14.0. The molecule has 2 heterocycles. The maximum absolute atomic E-state index is 13.3. The Morgan fingerprint density at radius 1 is 1.26 bits per heavy atom. The number of fused-ring (bicyclic) bond motifs is 2. The van der Waals surface area contributed by atoms with E-state index in [2.05, 4.69) is 4.98 Å². The number of nitrogen functional groups attached to an aromatic ring is 1. The molecule has 6 nitrogen and oxygen atoms in total. The molecule has 8 heteroatoms. The highest BCUT2D eigenvalue weighted by Crippen LogP contribution is 2.36. The third-order valence-electron chi connectivity index (χ3n) is 4.70. The lowest BCUT2D eigenvalue weighted by Crippen LogP contribution is -2.18. The van der Waals surface area contributed by atoms with Crippen molar-refractivity contribution in [3.63, 3.8) is 0 Å². The maximum atomic E-state index is 13.3. The minimum atomic E-state index is -2.70. The van der Waals surface area contributed by atoms with Gasteiger partial charge in [0.05, 0.1) is 10.8 Å². The Morgan fingerprint density at radius 2 is 2.04 bits per heavy atom. The van der Waals surface area contributed by atoms with Crippen molar-refractivity contribution in [3.8, 4) is 0 Å². The summed E-state index contributed by atoms with van der Waals surface area (Å²) in [6.45, 7) is 0. The minimum Gasteiger partial charge on any atom is -0.478 e. The van der Waals surface area contributed by atoms with Gasteiger partial charge in [-0.15, -0.1) is 0 Å². The predicted octanol–water partition coefficient (Wildman–Crippen LogP) is 3.82. The average Bonchev–Trinajstić information content (AvgIpc) is 2.61. The molecule has 138 valence electrons. The number of carboxylic acid groups (broad SMARTS) is 1. The number of nitrogens with zero attached hydrogens (tertiary/aromatic N) is 1. The van der Waals surface area contributed by atoms with Crippen LogP contribution in [0.5, 0.6) is 0 Å². The molecule has 0 bridgehead atoms. The predicted molar refractivity (Wildman–Crippen MR) is 95.9 cm³/mol. The van der Waals surface area contributed by atoms with Crippen LogP contribution in [0.1, 0.15) is 35.2 Å². The number of hydrogen-bond donors (Lipinski definition) is 2. The molecule has 0 saturated carbocycles. The second-order valence-electron chi connectivity index (χ2n) is 6.51. The van der Waals surface area contributed by atoms with Gasteiger partial charge in [0.15, 0.2) is 0 Å². The minimum absolute atomic E-state index is 0.00425. The van der Waals surface area contributed by atoms with Crippen LogP contribution in [-0.4, -0.2) is 22.0 Å². The fraction of sp³-hybridized carbons (Fsp3) is 0.211. The smallest absolute Gasteiger partial charge is 0.339 e. The summed E-state index contributed by atoms with van der Waals surface area (Å²) in [6, 6.07) is 5.98. The Labute approximate surface area is 150 Å². The highest BCUT2D eigenvalue weighted by Gasteiger charge is 2.31.